The highest BCUT2D eigenvalue weighted by molar-refractivity contribution is 5.85. The van der Waals surface area contributed by atoms with E-state index in [1.165, 1.54) is 5.56 Å². The van der Waals surface area contributed by atoms with Gasteiger partial charge in [0.25, 0.3) is 0 Å². The van der Waals surface area contributed by atoms with Gasteiger partial charge in [0, 0.05) is 12.1 Å². The van der Waals surface area contributed by atoms with E-state index in [9.17, 15) is 4.79 Å². The number of aryl methyl sites for hydroxylation is 1. The summed E-state index contributed by atoms with van der Waals surface area (Å²) in [5, 5.41) is 6.43. The number of rotatable bonds is 5. The molecule has 112 valence electrons. The third kappa shape index (κ3) is 5.14. The fourth-order valence-corrected chi connectivity index (χ4v) is 2.48. The van der Waals surface area contributed by atoms with Crippen molar-refractivity contribution in [1.82, 2.24) is 10.6 Å². The summed E-state index contributed by atoms with van der Waals surface area (Å²) in [6, 6.07) is 10.4. The van der Waals surface area contributed by atoms with E-state index in [2.05, 4.69) is 48.7 Å². The second-order valence-corrected chi connectivity index (χ2v) is 6.05. The van der Waals surface area contributed by atoms with Crippen LogP contribution < -0.4 is 10.6 Å². The van der Waals surface area contributed by atoms with Crippen LogP contribution in [-0.2, 0) is 11.2 Å². The molecular weight excluding hydrogens is 272 g/mol. The minimum absolute atomic E-state index is 0. The Kier molecular flexibility index (Phi) is 6.50. The molecule has 1 saturated heterocycles. The fraction of sp³-hybridized carbons (Fsp3) is 0.562. The molecule has 1 aliphatic rings. The summed E-state index contributed by atoms with van der Waals surface area (Å²) in [7, 11) is 0. The second-order valence-electron chi connectivity index (χ2n) is 6.05. The van der Waals surface area contributed by atoms with Crippen molar-refractivity contribution in [3.8, 4) is 0 Å². The third-order valence-corrected chi connectivity index (χ3v) is 3.77. The first-order valence-corrected chi connectivity index (χ1v) is 7.13. The molecular formula is C16H25ClN2O. The Bertz CT molecular complexity index is 414. The normalized spacial score (nSPS) is 18.4. The molecule has 1 fully saturated rings. The molecule has 20 heavy (non-hydrogen) atoms. The summed E-state index contributed by atoms with van der Waals surface area (Å²) < 4.78 is 0. The first kappa shape index (κ1) is 17.0. The molecule has 1 unspecified atom stereocenters. The van der Waals surface area contributed by atoms with Crippen LogP contribution in [0.1, 0.15) is 32.3 Å². The van der Waals surface area contributed by atoms with Gasteiger partial charge in [0.05, 0.1) is 5.92 Å². The molecule has 0 aliphatic carbocycles. The molecule has 0 spiro atoms. The van der Waals surface area contributed by atoms with Gasteiger partial charge in [0.1, 0.15) is 0 Å². The van der Waals surface area contributed by atoms with Gasteiger partial charge in [0.15, 0.2) is 0 Å². The minimum Gasteiger partial charge on any atom is -0.351 e. The summed E-state index contributed by atoms with van der Waals surface area (Å²) in [6.45, 7) is 6.00. The molecule has 4 heteroatoms. The Labute approximate surface area is 127 Å². The van der Waals surface area contributed by atoms with Gasteiger partial charge >= 0.3 is 0 Å². The molecule has 1 heterocycles. The quantitative estimate of drug-likeness (QED) is 0.877. The first-order chi connectivity index (χ1) is 9.07. The lowest BCUT2D eigenvalue weighted by atomic mass is 9.94. The van der Waals surface area contributed by atoms with Crippen molar-refractivity contribution in [2.24, 2.45) is 5.92 Å². The molecule has 0 aromatic heterocycles. The number of hydrogen-bond acceptors (Lipinski definition) is 2. The Hall–Kier alpha value is -1.06. The molecule has 1 amide bonds. The van der Waals surface area contributed by atoms with Gasteiger partial charge in [0.2, 0.25) is 5.91 Å². The third-order valence-electron chi connectivity index (χ3n) is 3.77. The van der Waals surface area contributed by atoms with Crippen LogP contribution in [0.4, 0.5) is 0 Å². The summed E-state index contributed by atoms with van der Waals surface area (Å²) >= 11 is 0. The van der Waals surface area contributed by atoms with Crippen LogP contribution in [-0.4, -0.2) is 24.5 Å². The van der Waals surface area contributed by atoms with E-state index in [4.69, 9.17) is 0 Å². The molecule has 3 nitrogen and oxygen atoms in total. The van der Waals surface area contributed by atoms with E-state index >= 15 is 0 Å². The maximum Gasteiger partial charge on any atom is 0.224 e. The van der Waals surface area contributed by atoms with Crippen molar-refractivity contribution < 1.29 is 4.79 Å². The summed E-state index contributed by atoms with van der Waals surface area (Å²) in [5.74, 6) is 0.346. The smallest absolute Gasteiger partial charge is 0.224 e. The molecule has 0 radical (unpaired) electrons. The largest absolute Gasteiger partial charge is 0.351 e. The standard InChI is InChI=1S/C16H24N2O.ClH/c1-16(2,10-8-13-6-4-3-5-7-13)18-15(19)14-9-11-17-12-14;/h3-7,14,17H,8-12H2,1-2H3,(H,18,19);1H. The topological polar surface area (TPSA) is 41.1 Å². The number of halogens is 1. The lowest BCUT2D eigenvalue weighted by Gasteiger charge is -2.28. The van der Waals surface area contributed by atoms with Gasteiger partial charge in [-0.15, -0.1) is 12.4 Å². The molecule has 1 atom stereocenters. The Balaban J connectivity index is 0.00000200. The van der Waals surface area contributed by atoms with Gasteiger partial charge in [-0.2, -0.15) is 0 Å². The second kappa shape index (κ2) is 7.65. The van der Waals surface area contributed by atoms with E-state index < -0.39 is 0 Å². The highest BCUT2D eigenvalue weighted by Crippen LogP contribution is 2.16. The number of amides is 1. The van der Waals surface area contributed by atoms with Gasteiger partial charge in [-0.1, -0.05) is 30.3 Å². The number of carbonyl (C=O) groups is 1. The van der Waals surface area contributed by atoms with Crippen molar-refractivity contribution in [3.63, 3.8) is 0 Å². The number of nitrogens with one attached hydrogen (secondary N) is 2. The Morgan fingerprint density at radius 1 is 1.35 bits per heavy atom. The molecule has 2 rings (SSSR count). The average molecular weight is 297 g/mol. The zero-order valence-corrected chi connectivity index (χ0v) is 13.1. The van der Waals surface area contributed by atoms with Crippen LogP contribution in [0.2, 0.25) is 0 Å². The van der Waals surface area contributed by atoms with E-state index in [0.29, 0.717) is 0 Å². The highest BCUT2D eigenvalue weighted by Gasteiger charge is 2.27. The van der Waals surface area contributed by atoms with Crippen LogP contribution in [0, 0.1) is 5.92 Å². The summed E-state index contributed by atoms with van der Waals surface area (Å²) in [4.78, 5) is 12.1. The Morgan fingerprint density at radius 3 is 2.65 bits per heavy atom. The average Bonchev–Trinajstić information content (AvgIpc) is 2.91. The van der Waals surface area contributed by atoms with E-state index in [-0.39, 0.29) is 29.8 Å². The molecule has 1 aromatic rings. The number of carbonyl (C=O) groups excluding carboxylic acids is 1. The van der Waals surface area contributed by atoms with Crippen LogP contribution in [0.3, 0.4) is 0 Å². The minimum atomic E-state index is -0.143. The van der Waals surface area contributed by atoms with Crippen LogP contribution in [0.25, 0.3) is 0 Å². The van der Waals surface area contributed by atoms with Crippen LogP contribution in [0.5, 0.6) is 0 Å². The Morgan fingerprint density at radius 2 is 2.05 bits per heavy atom. The van der Waals surface area contributed by atoms with E-state index in [1.54, 1.807) is 0 Å². The molecule has 0 saturated carbocycles. The van der Waals surface area contributed by atoms with Gasteiger partial charge in [-0.05, 0) is 45.2 Å². The van der Waals surface area contributed by atoms with Crippen molar-refractivity contribution >= 4 is 18.3 Å². The predicted octanol–water partition coefficient (Wildman–Crippen LogP) is 2.55. The van der Waals surface area contributed by atoms with Crippen molar-refractivity contribution in [2.45, 2.75) is 38.6 Å². The maximum absolute atomic E-state index is 12.1. The number of benzene rings is 1. The maximum atomic E-state index is 12.1. The zero-order valence-electron chi connectivity index (χ0n) is 12.3. The zero-order chi connectivity index (χ0) is 13.7. The number of hydrogen-bond donors (Lipinski definition) is 2. The van der Waals surface area contributed by atoms with Gasteiger partial charge < -0.3 is 10.6 Å². The van der Waals surface area contributed by atoms with Gasteiger partial charge in [-0.3, -0.25) is 4.79 Å². The SMILES string of the molecule is CC(C)(CCc1ccccc1)NC(=O)C1CCNC1.Cl. The van der Waals surface area contributed by atoms with Crippen molar-refractivity contribution in [2.75, 3.05) is 13.1 Å². The molecule has 0 bridgehead atoms. The van der Waals surface area contributed by atoms with Crippen molar-refractivity contribution in [3.05, 3.63) is 35.9 Å². The van der Waals surface area contributed by atoms with Crippen LogP contribution >= 0.6 is 12.4 Å². The van der Waals surface area contributed by atoms with E-state index in [1.807, 2.05) is 6.07 Å². The first-order valence-electron chi connectivity index (χ1n) is 7.13. The summed E-state index contributed by atoms with van der Waals surface area (Å²) in [5.41, 5.74) is 1.18. The molecule has 2 N–H and O–H groups in total. The fourth-order valence-electron chi connectivity index (χ4n) is 2.48. The highest BCUT2D eigenvalue weighted by atomic mass is 35.5. The van der Waals surface area contributed by atoms with Crippen molar-refractivity contribution in [1.29, 1.82) is 0 Å². The summed E-state index contributed by atoms with van der Waals surface area (Å²) in [6.07, 6.45) is 2.92. The predicted molar refractivity (Wildman–Crippen MR) is 85.2 cm³/mol. The lowest BCUT2D eigenvalue weighted by molar-refractivity contribution is -0.126. The van der Waals surface area contributed by atoms with E-state index in [0.717, 1.165) is 32.4 Å². The lowest BCUT2D eigenvalue weighted by Crippen LogP contribution is -2.46. The molecule has 1 aliphatic heterocycles. The monoisotopic (exact) mass is 296 g/mol. The molecule has 1 aromatic carbocycles. The van der Waals surface area contributed by atoms with Gasteiger partial charge in [-0.25, -0.2) is 0 Å². The van der Waals surface area contributed by atoms with Crippen LogP contribution in [0.15, 0.2) is 30.3 Å².